The van der Waals surface area contributed by atoms with Crippen molar-refractivity contribution in [1.82, 2.24) is 9.97 Å². The van der Waals surface area contributed by atoms with Crippen LogP contribution < -0.4 is 4.74 Å². The Labute approximate surface area is 114 Å². The maximum atomic E-state index is 12.9. The van der Waals surface area contributed by atoms with Crippen LogP contribution in [0.4, 0.5) is 4.39 Å². The van der Waals surface area contributed by atoms with Gasteiger partial charge in [-0.1, -0.05) is 0 Å². The summed E-state index contributed by atoms with van der Waals surface area (Å²) in [5.74, 6) is 1.16. The lowest BCUT2D eigenvalue weighted by Crippen LogP contribution is -1.94. The predicted molar refractivity (Wildman–Crippen MR) is 68.6 cm³/mol. The number of halogens is 3. The first-order chi connectivity index (χ1) is 8.04. The van der Waals surface area contributed by atoms with E-state index in [1.807, 2.05) is 0 Å². The van der Waals surface area contributed by atoms with Gasteiger partial charge >= 0.3 is 0 Å². The second-order valence-corrected chi connectivity index (χ2v) is 4.92. The Balaban J connectivity index is 2.31. The summed E-state index contributed by atoms with van der Waals surface area (Å²) >= 11 is 6.48. The Morgan fingerprint density at radius 3 is 2.59 bits per heavy atom. The molecular weight excluding hydrogens is 355 g/mol. The van der Waals surface area contributed by atoms with E-state index in [0.717, 1.165) is 0 Å². The Morgan fingerprint density at radius 1 is 1.18 bits per heavy atom. The first-order valence-electron chi connectivity index (χ1n) is 4.69. The monoisotopic (exact) mass is 360 g/mol. The molecule has 3 nitrogen and oxygen atoms in total. The van der Waals surface area contributed by atoms with Gasteiger partial charge < -0.3 is 4.74 Å². The molecule has 6 heteroatoms. The van der Waals surface area contributed by atoms with Crippen molar-refractivity contribution >= 4 is 31.9 Å². The van der Waals surface area contributed by atoms with Crippen LogP contribution in [-0.2, 0) is 0 Å². The molecule has 0 fully saturated rings. The zero-order chi connectivity index (χ0) is 12.4. The molecule has 0 N–H and O–H groups in total. The van der Waals surface area contributed by atoms with E-state index in [1.165, 1.54) is 18.2 Å². The van der Waals surface area contributed by atoms with Crippen LogP contribution in [0.2, 0.25) is 0 Å². The van der Waals surface area contributed by atoms with Gasteiger partial charge in [-0.25, -0.2) is 9.37 Å². The molecule has 1 heterocycles. The Morgan fingerprint density at radius 2 is 1.94 bits per heavy atom. The molecule has 0 spiro atoms. The van der Waals surface area contributed by atoms with Crippen molar-refractivity contribution in [3.05, 3.63) is 45.0 Å². The van der Waals surface area contributed by atoms with E-state index in [2.05, 4.69) is 41.8 Å². The summed E-state index contributed by atoms with van der Waals surface area (Å²) in [6.45, 7) is 1.76. The van der Waals surface area contributed by atoms with Crippen LogP contribution in [0.25, 0.3) is 0 Å². The van der Waals surface area contributed by atoms with E-state index < -0.39 is 0 Å². The molecule has 0 saturated heterocycles. The van der Waals surface area contributed by atoms with E-state index in [4.69, 9.17) is 4.74 Å². The molecule has 1 aromatic heterocycles. The van der Waals surface area contributed by atoms with E-state index in [-0.39, 0.29) is 5.82 Å². The van der Waals surface area contributed by atoms with E-state index in [1.54, 1.807) is 13.0 Å². The summed E-state index contributed by atoms with van der Waals surface area (Å²) < 4.78 is 19.6. The van der Waals surface area contributed by atoms with Crippen LogP contribution in [0.3, 0.4) is 0 Å². The van der Waals surface area contributed by atoms with Gasteiger partial charge in [0.2, 0.25) is 5.88 Å². The molecule has 0 saturated carbocycles. The minimum Gasteiger partial charge on any atom is -0.438 e. The molecule has 17 heavy (non-hydrogen) atoms. The molecule has 0 unspecified atom stereocenters. The molecule has 0 aliphatic heterocycles. The average molecular weight is 362 g/mol. The standard InChI is InChI=1S/C11H7Br2FN2O/c1-6-15-10(13)5-11(16-6)17-9-3-2-7(14)4-8(9)12/h2-5H,1H3. The summed E-state index contributed by atoms with van der Waals surface area (Å²) in [4.78, 5) is 8.18. The molecule has 2 rings (SSSR count). The van der Waals surface area contributed by atoms with Gasteiger partial charge in [0.05, 0.1) is 4.47 Å². The van der Waals surface area contributed by atoms with E-state index in [0.29, 0.717) is 26.5 Å². The van der Waals surface area contributed by atoms with Crippen molar-refractivity contribution < 1.29 is 9.13 Å². The summed E-state index contributed by atoms with van der Waals surface area (Å²) in [7, 11) is 0. The molecular formula is C11H7Br2FN2O. The number of ether oxygens (including phenoxy) is 1. The summed E-state index contributed by atoms with van der Waals surface area (Å²) in [5, 5.41) is 0. The zero-order valence-corrected chi connectivity index (χ0v) is 11.9. The third-order valence-electron chi connectivity index (χ3n) is 1.89. The van der Waals surface area contributed by atoms with Gasteiger partial charge in [-0.05, 0) is 57.0 Å². The second-order valence-electron chi connectivity index (χ2n) is 3.25. The first kappa shape index (κ1) is 12.4. The van der Waals surface area contributed by atoms with Crippen LogP contribution in [0, 0.1) is 12.7 Å². The Hall–Kier alpha value is -1.01. The fraction of sp³-hybridized carbons (Fsp3) is 0.0909. The van der Waals surface area contributed by atoms with Crippen LogP contribution >= 0.6 is 31.9 Å². The van der Waals surface area contributed by atoms with Gasteiger partial charge in [0.25, 0.3) is 0 Å². The quantitative estimate of drug-likeness (QED) is 0.750. The molecule has 0 atom stereocenters. The van der Waals surface area contributed by atoms with Crippen LogP contribution in [0.15, 0.2) is 33.3 Å². The topological polar surface area (TPSA) is 35.0 Å². The molecule has 0 bridgehead atoms. The molecule has 1 aromatic carbocycles. The van der Waals surface area contributed by atoms with Crippen LogP contribution in [-0.4, -0.2) is 9.97 Å². The van der Waals surface area contributed by atoms with Crippen molar-refractivity contribution in [2.24, 2.45) is 0 Å². The number of hydrogen-bond acceptors (Lipinski definition) is 3. The van der Waals surface area contributed by atoms with Crippen molar-refractivity contribution in [3.8, 4) is 11.6 Å². The van der Waals surface area contributed by atoms with Gasteiger partial charge in [0.15, 0.2) is 0 Å². The molecule has 88 valence electrons. The molecule has 0 aliphatic rings. The first-order valence-corrected chi connectivity index (χ1v) is 6.27. The highest BCUT2D eigenvalue weighted by atomic mass is 79.9. The van der Waals surface area contributed by atoms with Gasteiger partial charge in [0.1, 0.15) is 22.0 Å². The normalized spacial score (nSPS) is 10.4. The lowest BCUT2D eigenvalue weighted by Gasteiger charge is -2.07. The van der Waals surface area contributed by atoms with Crippen molar-refractivity contribution in [1.29, 1.82) is 0 Å². The third-order valence-corrected chi connectivity index (χ3v) is 2.92. The fourth-order valence-corrected chi connectivity index (χ4v) is 2.11. The zero-order valence-electron chi connectivity index (χ0n) is 8.75. The van der Waals surface area contributed by atoms with E-state index in [9.17, 15) is 4.39 Å². The Bertz CT molecular complexity index is 543. The fourth-order valence-electron chi connectivity index (χ4n) is 1.23. The Kier molecular flexibility index (Phi) is 3.73. The predicted octanol–water partition coefficient (Wildman–Crippen LogP) is 4.24. The number of aryl methyl sites for hydroxylation is 1. The van der Waals surface area contributed by atoms with Gasteiger partial charge in [-0.2, -0.15) is 4.98 Å². The highest BCUT2D eigenvalue weighted by Gasteiger charge is 2.06. The molecule has 0 amide bonds. The van der Waals surface area contributed by atoms with Crippen LogP contribution in [0.1, 0.15) is 5.82 Å². The SMILES string of the molecule is Cc1nc(Br)cc(Oc2ccc(F)cc2Br)n1. The summed E-state index contributed by atoms with van der Waals surface area (Å²) in [6, 6.07) is 5.83. The lowest BCUT2D eigenvalue weighted by atomic mass is 10.3. The summed E-state index contributed by atoms with van der Waals surface area (Å²) in [5.41, 5.74) is 0. The maximum Gasteiger partial charge on any atom is 0.223 e. The molecule has 2 aromatic rings. The smallest absolute Gasteiger partial charge is 0.223 e. The minimum absolute atomic E-state index is 0.329. The van der Waals surface area contributed by atoms with Crippen molar-refractivity contribution in [2.75, 3.05) is 0 Å². The van der Waals surface area contributed by atoms with Gasteiger partial charge in [-0.15, -0.1) is 0 Å². The number of hydrogen-bond donors (Lipinski definition) is 0. The lowest BCUT2D eigenvalue weighted by molar-refractivity contribution is 0.454. The molecule has 0 aliphatic carbocycles. The second kappa shape index (κ2) is 5.10. The maximum absolute atomic E-state index is 12.9. The van der Waals surface area contributed by atoms with Gasteiger partial charge in [-0.3, -0.25) is 0 Å². The van der Waals surface area contributed by atoms with Crippen molar-refractivity contribution in [3.63, 3.8) is 0 Å². The van der Waals surface area contributed by atoms with Crippen LogP contribution in [0.5, 0.6) is 11.6 Å². The highest BCUT2D eigenvalue weighted by Crippen LogP contribution is 2.29. The molecule has 0 radical (unpaired) electrons. The highest BCUT2D eigenvalue weighted by molar-refractivity contribution is 9.10. The number of rotatable bonds is 2. The number of aromatic nitrogens is 2. The summed E-state index contributed by atoms with van der Waals surface area (Å²) in [6.07, 6.45) is 0. The number of benzene rings is 1. The largest absolute Gasteiger partial charge is 0.438 e. The minimum atomic E-state index is -0.329. The average Bonchev–Trinajstić information content (AvgIpc) is 2.21. The third kappa shape index (κ3) is 3.23. The number of nitrogens with zero attached hydrogens (tertiary/aromatic N) is 2. The van der Waals surface area contributed by atoms with Crippen molar-refractivity contribution in [2.45, 2.75) is 6.92 Å². The van der Waals surface area contributed by atoms with E-state index >= 15 is 0 Å². The van der Waals surface area contributed by atoms with Gasteiger partial charge in [0, 0.05) is 6.07 Å².